The Hall–Kier alpha value is -2.33. The number of benzene rings is 2. The van der Waals surface area contributed by atoms with Crippen molar-refractivity contribution in [3.63, 3.8) is 0 Å². The lowest BCUT2D eigenvalue weighted by Gasteiger charge is -2.21. The van der Waals surface area contributed by atoms with Crippen LogP contribution in [-0.4, -0.2) is 11.4 Å². The van der Waals surface area contributed by atoms with Gasteiger partial charge >= 0.3 is 0 Å². The van der Waals surface area contributed by atoms with Crippen LogP contribution in [0.4, 0.5) is 5.69 Å². The molecule has 110 valence electrons. The molecule has 2 aromatic carbocycles. The molecule has 2 rings (SSSR count). The number of amides is 1. The maximum Gasteiger partial charge on any atom is 0.244 e. The molecule has 4 heteroatoms. The van der Waals surface area contributed by atoms with Gasteiger partial charge in [0.15, 0.2) is 0 Å². The standard InChI is InChI=1S/C17H20N2O2/c1-3-17(2,18)16(20)19-13-8-7-11-15(12-13)21-14-9-5-4-6-10-14/h4-12H,3,18H2,1-2H3,(H,19,20). The van der Waals surface area contributed by atoms with Gasteiger partial charge in [0.1, 0.15) is 11.5 Å². The molecule has 0 saturated carbocycles. The Morgan fingerprint density at radius 2 is 1.81 bits per heavy atom. The number of hydrogen-bond donors (Lipinski definition) is 2. The summed E-state index contributed by atoms with van der Waals surface area (Å²) < 4.78 is 5.73. The number of anilines is 1. The Balaban J connectivity index is 2.10. The fourth-order valence-corrected chi connectivity index (χ4v) is 1.70. The van der Waals surface area contributed by atoms with Gasteiger partial charge < -0.3 is 15.8 Å². The predicted octanol–water partition coefficient (Wildman–Crippen LogP) is 3.54. The smallest absolute Gasteiger partial charge is 0.244 e. The third-order valence-electron chi connectivity index (χ3n) is 3.32. The van der Waals surface area contributed by atoms with Crippen molar-refractivity contribution in [2.24, 2.45) is 5.73 Å². The molecule has 0 bridgehead atoms. The quantitative estimate of drug-likeness (QED) is 0.882. The first kappa shape index (κ1) is 15.1. The van der Waals surface area contributed by atoms with Gasteiger partial charge in [-0.05, 0) is 37.6 Å². The average molecular weight is 284 g/mol. The second-order valence-electron chi connectivity index (χ2n) is 5.17. The Bertz CT molecular complexity index is 609. The van der Waals surface area contributed by atoms with Crippen LogP contribution in [0.1, 0.15) is 20.3 Å². The van der Waals surface area contributed by atoms with E-state index < -0.39 is 5.54 Å². The maximum atomic E-state index is 12.1. The molecule has 2 aromatic rings. The highest BCUT2D eigenvalue weighted by molar-refractivity contribution is 5.97. The molecule has 1 unspecified atom stereocenters. The van der Waals surface area contributed by atoms with Gasteiger partial charge in [-0.15, -0.1) is 0 Å². The molecule has 1 atom stereocenters. The minimum atomic E-state index is -0.879. The summed E-state index contributed by atoms with van der Waals surface area (Å²) in [6.07, 6.45) is 0.568. The molecular weight excluding hydrogens is 264 g/mol. The fraction of sp³-hybridized carbons (Fsp3) is 0.235. The molecular formula is C17H20N2O2. The summed E-state index contributed by atoms with van der Waals surface area (Å²) >= 11 is 0. The first-order valence-electron chi connectivity index (χ1n) is 6.94. The molecule has 3 N–H and O–H groups in total. The number of nitrogens with two attached hydrogens (primary N) is 1. The average Bonchev–Trinajstić information content (AvgIpc) is 2.48. The van der Waals surface area contributed by atoms with E-state index in [0.29, 0.717) is 17.9 Å². The summed E-state index contributed by atoms with van der Waals surface area (Å²) in [5.41, 5.74) is 5.71. The van der Waals surface area contributed by atoms with Crippen molar-refractivity contribution >= 4 is 11.6 Å². The highest BCUT2D eigenvalue weighted by Gasteiger charge is 2.25. The van der Waals surface area contributed by atoms with Gasteiger partial charge in [-0.2, -0.15) is 0 Å². The van der Waals surface area contributed by atoms with Gasteiger partial charge in [-0.1, -0.05) is 31.2 Å². The van der Waals surface area contributed by atoms with Crippen molar-refractivity contribution in [3.8, 4) is 11.5 Å². The summed E-state index contributed by atoms with van der Waals surface area (Å²) in [5.74, 6) is 1.20. The zero-order valence-electron chi connectivity index (χ0n) is 12.3. The minimum Gasteiger partial charge on any atom is -0.457 e. The van der Waals surface area contributed by atoms with Crippen LogP contribution in [-0.2, 0) is 4.79 Å². The van der Waals surface area contributed by atoms with Crippen LogP contribution >= 0.6 is 0 Å². The molecule has 0 fully saturated rings. The number of para-hydroxylation sites is 1. The van der Waals surface area contributed by atoms with E-state index in [9.17, 15) is 4.79 Å². The van der Waals surface area contributed by atoms with Crippen LogP contribution < -0.4 is 15.8 Å². The summed E-state index contributed by atoms with van der Waals surface area (Å²) in [7, 11) is 0. The molecule has 0 aliphatic heterocycles. The predicted molar refractivity (Wildman–Crippen MR) is 84.5 cm³/mol. The highest BCUT2D eigenvalue weighted by Crippen LogP contribution is 2.24. The normalized spacial score (nSPS) is 13.3. The fourth-order valence-electron chi connectivity index (χ4n) is 1.70. The van der Waals surface area contributed by atoms with Crippen molar-refractivity contribution in [2.75, 3.05) is 5.32 Å². The van der Waals surface area contributed by atoms with Crippen LogP contribution in [0.2, 0.25) is 0 Å². The molecule has 0 spiro atoms. The van der Waals surface area contributed by atoms with Crippen molar-refractivity contribution in [1.82, 2.24) is 0 Å². The summed E-state index contributed by atoms with van der Waals surface area (Å²) in [4.78, 5) is 12.1. The van der Waals surface area contributed by atoms with E-state index in [0.717, 1.165) is 5.75 Å². The molecule has 0 aliphatic carbocycles. The van der Waals surface area contributed by atoms with Gasteiger partial charge in [0.2, 0.25) is 5.91 Å². The summed E-state index contributed by atoms with van der Waals surface area (Å²) in [6, 6.07) is 16.7. The maximum absolute atomic E-state index is 12.1. The third kappa shape index (κ3) is 4.07. The van der Waals surface area contributed by atoms with E-state index in [1.807, 2.05) is 55.5 Å². The Kier molecular flexibility index (Phi) is 4.60. The monoisotopic (exact) mass is 284 g/mol. The van der Waals surface area contributed by atoms with Gasteiger partial charge in [0.05, 0.1) is 5.54 Å². The van der Waals surface area contributed by atoms with Crippen LogP contribution in [0.25, 0.3) is 0 Å². The molecule has 0 radical (unpaired) electrons. The summed E-state index contributed by atoms with van der Waals surface area (Å²) in [5, 5.41) is 2.82. The van der Waals surface area contributed by atoms with Crippen LogP contribution in [0.15, 0.2) is 54.6 Å². The van der Waals surface area contributed by atoms with E-state index in [1.165, 1.54) is 0 Å². The zero-order valence-corrected chi connectivity index (χ0v) is 12.3. The van der Waals surface area contributed by atoms with E-state index in [2.05, 4.69) is 5.32 Å². The van der Waals surface area contributed by atoms with Crippen LogP contribution in [0.3, 0.4) is 0 Å². The van der Waals surface area contributed by atoms with Gasteiger partial charge in [0, 0.05) is 11.8 Å². The molecule has 4 nitrogen and oxygen atoms in total. The largest absolute Gasteiger partial charge is 0.457 e. The number of hydrogen-bond acceptors (Lipinski definition) is 3. The second-order valence-corrected chi connectivity index (χ2v) is 5.17. The number of ether oxygens (including phenoxy) is 1. The Morgan fingerprint density at radius 3 is 2.48 bits per heavy atom. The molecule has 0 aliphatic rings. The number of carbonyl (C=O) groups is 1. The SMILES string of the molecule is CCC(C)(N)C(=O)Nc1cccc(Oc2ccccc2)c1. The van der Waals surface area contributed by atoms with Crippen molar-refractivity contribution in [2.45, 2.75) is 25.8 Å². The third-order valence-corrected chi connectivity index (χ3v) is 3.32. The van der Waals surface area contributed by atoms with E-state index in [-0.39, 0.29) is 5.91 Å². The zero-order chi connectivity index (χ0) is 15.3. The van der Waals surface area contributed by atoms with E-state index in [1.54, 1.807) is 13.0 Å². The van der Waals surface area contributed by atoms with Crippen molar-refractivity contribution in [1.29, 1.82) is 0 Å². The van der Waals surface area contributed by atoms with E-state index >= 15 is 0 Å². The lowest BCUT2D eigenvalue weighted by molar-refractivity contribution is -0.120. The molecule has 1 amide bonds. The minimum absolute atomic E-state index is 0.207. The van der Waals surface area contributed by atoms with Gasteiger partial charge in [-0.3, -0.25) is 4.79 Å². The number of nitrogens with one attached hydrogen (secondary N) is 1. The molecule has 0 heterocycles. The number of rotatable bonds is 5. The molecule has 0 aromatic heterocycles. The van der Waals surface area contributed by atoms with Gasteiger partial charge in [0.25, 0.3) is 0 Å². The first-order valence-corrected chi connectivity index (χ1v) is 6.94. The first-order chi connectivity index (χ1) is 10.0. The Morgan fingerprint density at radius 1 is 1.14 bits per heavy atom. The highest BCUT2D eigenvalue weighted by atomic mass is 16.5. The molecule has 0 saturated heterocycles. The van der Waals surface area contributed by atoms with E-state index in [4.69, 9.17) is 10.5 Å². The van der Waals surface area contributed by atoms with Crippen molar-refractivity contribution in [3.05, 3.63) is 54.6 Å². The summed E-state index contributed by atoms with van der Waals surface area (Å²) in [6.45, 7) is 3.60. The second kappa shape index (κ2) is 6.41. The topological polar surface area (TPSA) is 64.4 Å². The van der Waals surface area contributed by atoms with Crippen LogP contribution in [0, 0.1) is 0 Å². The van der Waals surface area contributed by atoms with Gasteiger partial charge in [-0.25, -0.2) is 0 Å². The lowest BCUT2D eigenvalue weighted by atomic mass is 9.99. The number of carbonyl (C=O) groups excluding carboxylic acids is 1. The van der Waals surface area contributed by atoms with Crippen molar-refractivity contribution < 1.29 is 9.53 Å². The lowest BCUT2D eigenvalue weighted by Crippen LogP contribution is -2.47. The van der Waals surface area contributed by atoms with Crippen LogP contribution in [0.5, 0.6) is 11.5 Å². The Labute approximate surface area is 124 Å². The molecule has 21 heavy (non-hydrogen) atoms.